The molecule has 1 N–H and O–H groups in total. The molecular weight excluding hydrogens is 372 g/mol. The Bertz CT molecular complexity index is 920. The van der Waals surface area contributed by atoms with Crippen LogP contribution >= 0.6 is 0 Å². The standard InChI is InChI=1S/C22H28N2O3S/c1-3-24(20-12-8-5-9-13-20)28(26,27)21-16-18(15-14-17(21)2)22(25)23-19-10-6-4-7-11-19/h5,8-9,12-16,19H,3-4,6-7,10-11H2,1-2H3,(H,23,25). The van der Waals surface area contributed by atoms with E-state index in [2.05, 4.69) is 5.32 Å². The number of nitrogens with one attached hydrogen (secondary N) is 1. The number of hydrogen-bond acceptors (Lipinski definition) is 3. The van der Waals surface area contributed by atoms with E-state index in [1.807, 2.05) is 18.2 Å². The van der Waals surface area contributed by atoms with E-state index in [4.69, 9.17) is 0 Å². The highest BCUT2D eigenvalue weighted by Gasteiger charge is 2.26. The fourth-order valence-electron chi connectivity index (χ4n) is 3.74. The molecule has 2 aromatic rings. The number of para-hydroxylation sites is 1. The first-order valence-corrected chi connectivity index (χ1v) is 11.4. The Kier molecular flexibility index (Phi) is 6.39. The molecule has 0 saturated heterocycles. The van der Waals surface area contributed by atoms with Crippen molar-refractivity contribution in [1.82, 2.24) is 5.32 Å². The molecule has 28 heavy (non-hydrogen) atoms. The maximum atomic E-state index is 13.3. The number of rotatable bonds is 6. The molecule has 0 aliphatic heterocycles. The van der Waals surface area contributed by atoms with Gasteiger partial charge in [0.25, 0.3) is 15.9 Å². The largest absolute Gasteiger partial charge is 0.349 e. The summed E-state index contributed by atoms with van der Waals surface area (Å²) in [7, 11) is -3.77. The van der Waals surface area contributed by atoms with Crippen LogP contribution in [0.15, 0.2) is 53.4 Å². The first-order valence-electron chi connectivity index (χ1n) is 9.92. The predicted molar refractivity (Wildman–Crippen MR) is 112 cm³/mol. The SMILES string of the molecule is CCN(c1ccccc1)S(=O)(=O)c1cc(C(=O)NC2CCCCC2)ccc1C. The molecule has 0 heterocycles. The number of carbonyl (C=O) groups is 1. The Balaban J connectivity index is 1.90. The number of sulfonamides is 1. The Hall–Kier alpha value is -2.34. The zero-order valence-corrected chi connectivity index (χ0v) is 17.3. The van der Waals surface area contributed by atoms with Gasteiger partial charge in [0.2, 0.25) is 0 Å². The van der Waals surface area contributed by atoms with Crippen molar-refractivity contribution in [3.63, 3.8) is 0 Å². The van der Waals surface area contributed by atoms with Crippen molar-refractivity contribution in [2.75, 3.05) is 10.8 Å². The second-order valence-electron chi connectivity index (χ2n) is 7.29. The molecule has 1 aliphatic rings. The van der Waals surface area contributed by atoms with Crippen LogP contribution in [0.4, 0.5) is 5.69 Å². The lowest BCUT2D eigenvalue weighted by atomic mass is 9.95. The van der Waals surface area contributed by atoms with Gasteiger partial charge in [0.05, 0.1) is 10.6 Å². The Morgan fingerprint density at radius 3 is 2.39 bits per heavy atom. The van der Waals surface area contributed by atoms with E-state index in [0.29, 0.717) is 23.4 Å². The summed E-state index contributed by atoms with van der Waals surface area (Å²) in [6.07, 6.45) is 5.44. The summed E-state index contributed by atoms with van der Waals surface area (Å²) in [5, 5.41) is 3.06. The quantitative estimate of drug-likeness (QED) is 0.787. The third-order valence-corrected chi connectivity index (χ3v) is 7.34. The molecule has 1 aliphatic carbocycles. The molecule has 0 radical (unpaired) electrons. The predicted octanol–water partition coefficient (Wildman–Crippen LogP) is 4.27. The van der Waals surface area contributed by atoms with Crippen molar-refractivity contribution in [2.45, 2.75) is 56.9 Å². The number of nitrogens with zero attached hydrogens (tertiary/aromatic N) is 1. The van der Waals surface area contributed by atoms with Crippen molar-refractivity contribution in [1.29, 1.82) is 0 Å². The van der Waals surface area contributed by atoms with Crippen molar-refractivity contribution in [3.8, 4) is 0 Å². The van der Waals surface area contributed by atoms with Gasteiger partial charge in [0.15, 0.2) is 0 Å². The van der Waals surface area contributed by atoms with Crippen molar-refractivity contribution >= 4 is 21.6 Å². The average molecular weight is 401 g/mol. The van der Waals surface area contributed by atoms with E-state index in [1.54, 1.807) is 38.1 Å². The van der Waals surface area contributed by atoms with E-state index in [0.717, 1.165) is 25.7 Å². The molecule has 1 fully saturated rings. The molecular formula is C22H28N2O3S. The highest BCUT2D eigenvalue weighted by atomic mass is 32.2. The molecule has 0 unspecified atom stereocenters. The second kappa shape index (κ2) is 8.78. The van der Waals surface area contributed by atoms with Crippen LogP contribution in [0.25, 0.3) is 0 Å². The average Bonchev–Trinajstić information content (AvgIpc) is 2.70. The summed E-state index contributed by atoms with van der Waals surface area (Å²) < 4.78 is 28.1. The van der Waals surface area contributed by atoms with Crippen molar-refractivity contribution < 1.29 is 13.2 Å². The lowest BCUT2D eigenvalue weighted by molar-refractivity contribution is 0.0927. The summed E-state index contributed by atoms with van der Waals surface area (Å²) >= 11 is 0. The van der Waals surface area contributed by atoms with Gasteiger partial charge in [0, 0.05) is 18.2 Å². The second-order valence-corrected chi connectivity index (χ2v) is 9.12. The molecule has 0 bridgehead atoms. The molecule has 0 spiro atoms. The molecule has 2 aromatic carbocycles. The topological polar surface area (TPSA) is 66.5 Å². The fourth-order valence-corrected chi connectivity index (χ4v) is 5.47. The number of hydrogen-bond donors (Lipinski definition) is 1. The van der Waals surface area contributed by atoms with Crippen LogP contribution in [0.3, 0.4) is 0 Å². The van der Waals surface area contributed by atoms with E-state index in [1.165, 1.54) is 16.8 Å². The maximum Gasteiger partial charge on any atom is 0.264 e. The zero-order valence-electron chi connectivity index (χ0n) is 16.5. The maximum absolute atomic E-state index is 13.3. The Morgan fingerprint density at radius 2 is 1.75 bits per heavy atom. The Labute approximate surface area is 167 Å². The summed E-state index contributed by atoms with van der Waals surface area (Å²) in [4.78, 5) is 12.9. The van der Waals surface area contributed by atoms with Crippen LogP contribution in [0.5, 0.6) is 0 Å². The number of aryl methyl sites for hydroxylation is 1. The van der Waals surface area contributed by atoms with Gasteiger partial charge >= 0.3 is 0 Å². The molecule has 6 heteroatoms. The van der Waals surface area contributed by atoms with Gasteiger partial charge in [0.1, 0.15) is 0 Å². The normalized spacial score (nSPS) is 15.2. The minimum atomic E-state index is -3.77. The molecule has 0 atom stereocenters. The van der Waals surface area contributed by atoms with Crippen LogP contribution in [-0.4, -0.2) is 26.9 Å². The van der Waals surface area contributed by atoms with Gasteiger partial charge in [-0.1, -0.05) is 43.5 Å². The number of benzene rings is 2. The molecule has 5 nitrogen and oxygen atoms in total. The first kappa shape index (κ1) is 20.4. The molecule has 1 saturated carbocycles. The minimum absolute atomic E-state index is 0.175. The zero-order chi connectivity index (χ0) is 20.1. The van der Waals surface area contributed by atoms with Gasteiger partial charge < -0.3 is 5.32 Å². The first-order chi connectivity index (χ1) is 13.4. The van der Waals surface area contributed by atoms with Crippen LogP contribution in [0.1, 0.15) is 54.9 Å². The van der Waals surface area contributed by atoms with Gasteiger partial charge in [-0.05, 0) is 56.5 Å². The summed E-state index contributed by atoms with van der Waals surface area (Å²) in [6, 6.07) is 14.1. The lowest BCUT2D eigenvalue weighted by Gasteiger charge is -2.25. The number of carbonyl (C=O) groups excluding carboxylic acids is 1. The van der Waals surface area contributed by atoms with Crippen LogP contribution in [0, 0.1) is 6.92 Å². The number of amides is 1. The van der Waals surface area contributed by atoms with Crippen LogP contribution in [-0.2, 0) is 10.0 Å². The third-order valence-electron chi connectivity index (χ3n) is 5.29. The van der Waals surface area contributed by atoms with Crippen molar-refractivity contribution in [2.24, 2.45) is 0 Å². The minimum Gasteiger partial charge on any atom is -0.349 e. The van der Waals surface area contributed by atoms with E-state index >= 15 is 0 Å². The fraction of sp³-hybridized carbons (Fsp3) is 0.409. The van der Waals surface area contributed by atoms with Gasteiger partial charge in [-0.25, -0.2) is 8.42 Å². The van der Waals surface area contributed by atoms with E-state index in [-0.39, 0.29) is 16.8 Å². The van der Waals surface area contributed by atoms with Gasteiger partial charge in [-0.2, -0.15) is 0 Å². The van der Waals surface area contributed by atoms with Gasteiger partial charge in [-0.3, -0.25) is 9.10 Å². The van der Waals surface area contributed by atoms with Gasteiger partial charge in [-0.15, -0.1) is 0 Å². The monoisotopic (exact) mass is 400 g/mol. The highest BCUT2D eigenvalue weighted by Crippen LogP contribution is 2.26. The summed E-state index contributed by atoms with van der Waals surface area (Å²) in [5.41, 5.74) is 1.63. The van der Waals surface area contributed by atoms with Crippen molar-refractivity contribution in [3.05, 3.63) is 59.7 Å². The summed E-state index contributed by atoms with van der Waals surface area (Å²) in [6.45, 7) is 3.87. The van der Waals surface area contributed by atoms with E-state index in [9.17, 15) is 13.2 Å². The number of anilines is 1. The Morgan fingerprint density at radius 1 is 1.07 bits per heavy atom. The summed E-state index contributed by atoms with van der Waals surface area (Å²) in [5.74, 6) is -0.203. The lowest BCUT2D eigenvalue weighted by Crippen LogP contribution is -2.36. The smallest absolute Gasteiger partial charge is 0.264 e. The molecule has 3 rings (SSSR count). The van der Waals surface area contributed by atoms with Crippen LogP contribution in [0.2, 0.25) is 0 Å². The molecule has 1 amide bonds. The molecule has 150 valence electrons. The van der Waals surface area contributed by atoms with E-state index < -0.39 is 10.0 Å². The third kappa shape index (κ3) is 4.38. The van der Waals surface area contributed by atoms with Crippen LogP contribution < -0.4 is 9.62 Å². The highest BCUT2D eigenvalue weighted by molar-refractivity contribution is 7.92. The molecule has 0 aromatic heterocycles.